The van der Waals surface area contributed by atoms with Gasteiger partial charge in [0.15, 0.2) is 0 Å². The lowest BCUT2D eigenvalue weighted by Crippen LogP contribution is -2.51. The molecular weight excluding hydrogens is 550 g/mol. The predicted molar refractivity (Wildman–Crippen MR) is 193 cm³/mol. The maximum absolute atomic E-state index is 6.65. The van der Waals surface area contributed by atoms with Gasteiger partial charge in [0.1, 0.15) is 0 Å². The van der Waals surface area contributed by atoms with E-state index in [1.54, 1.807) is 5.57 Å². The number of nitrogens with two attached hydrogens (primary N) is 1. The van der Waals surface area contributed by atoms with Gasteiger partial charge in [0.05, 0.1) is 18.8 Å². The zero-order chi connectivity index (χ0) is 32.3. The Kier molecular flexibility index (Phi) is 15.3. The van der Waals surface area contributed by atoms with Gasteiger partial charge < -0.3 is 15.2 Å². The zero-order valence-electron chi connectivity index (χ0n) is 31.1. The quantitative estimate of drug-likeness (QED) is 0.102. The molecule has 9 atom stereocenters. The first-order valence-electron chi connectivity index (χ1n) is 20.4. The summed E-state index contributed by atoms with van der Waals surface area (Å²) in [7, 11) is 0. The third kappa shape index (κ3) is 9.84. The molecule has 4 rings (SSSR count). The molecule has 4 aliphatic rings. The summed E-state index contributed by atoms with van der Waals surface area (Å²) in [4.78, 5) is 0. The lowest BCUT2D eigenvalue weighted by Gasteiger charge is -2.58. The molecule has 262 valence electrons. The van der Waals surface area contributed by atoms with E-state index in [4.69, 9.17) is 15.2 Å². The van der Waals surface area contributed by atoms with Crippen LogP contribution in [0.5, 0.6) is 0 Å². The fourth-order valence-electron chi connectivity index (χ4n) is 11.1. The van der Waals surface area contributed by atoms with Gasteiger partial charge in [0.2, 0.25) is 0 Å². The number of unbranched alkanes of at least 4 members (excludes halogenated alkanes) is 9. The minimum Gasteiger partial charge on any atom is -0.379 e. The molecule has 0 amide bonds. The number of ether oxygens (including phenoxy) is 2. The molecule has 4 aliphatic carbocycles. The molecule has 0 aliphatic heterocycles. The molecule has 0 radical (unpaired) electrons. The van der Waals surface area contributed by atoms with Crippen LogP contribution in [0.25, 0.3) is 0 Å². The van der Waals surface area contributed by atoms with E-state index >= 15 is 0 Å². The number of hydrogen-bond donors (Lipinski definition) is 1. The van der Waals surface area contributed by atoms with Crippen LogP contribution in [0.15, 0.2) is 11.6 Å². The third-order valence-corrected chi connectivity index (χ3v) is 13.9. The third-order valence-electron chi connectivity index (χ3n) is 13.9. The van der Waals surface area contributed by atoms with E-state index in [1.807, 2.05) is 0 Å². The van der Waals surface area contributed by atoms with Crippen LogP contribution in [0.2, 0.25) is 0 Å². The van der Waals surface area contributed by atoms with Crippen molar-refractivity contribution in [1.29, 1.82) is 0 Å². The van der Waals surface area contributed by atoms with Crippen molar-refractivity contribution in [3.63, 3.8) is 0 Å². The molecule has 0 heterocycles. The lowest BCUT2D eigenvalue weighted by molar-refractivity contribution is -0.0876. The summed E-state index contributed by atoms with van der Waals surface area (Å²) in [6.07, 6.45) is 31.7. The fraction of sp³-hybridized carbons (Fsp3) is 0.952. The van der Waals surface area contributed by atoms with Gasteiger partial charge in [0, 0.05) is 13.2 Å². The van der Waals surface area contributed by atoms with Gasteiger partial charge >= 0.3 is 0 Å². The maximum atomic E-state index is 6.65. The molecule has 3 heteroatoms. The Morgan fingerprint density at radius 1 is 0.822 bits per heavy atom. The van der Waals surface area contributed by atoms with Crippen LogP contribution in [0, 0.1) is 46.3 Å². The van der Waals surface area contributed by atoms with E-state index in [0.717, 1.165) is 48.5 Å². The van der Waals surface area contributed by atoms with E-state index in [1.165, 1.54) is 128 Å². The van der Waals surface area contributed by atoms with Crippen molar-refractivity contribution < 1.29 is 9.47 Å². The van der Waals surface area contributed by atoms with Gasteiger partial charge in [-0.1, -0.05) is 130 Å². The normalized spacial score (nSPS) is 34.2. The molecule has 3 nitrogen and oxygen atoms in total. The van der Waals surface area contributed by atoms with Crippen molar-refractivity contribution in [1.82, 2.24) is 0 Å². The Morgan fingerprint density at radius 2 is 1.53 bits per heavy atom. The van der Waals surface area contributed by atoms with Crippen LogP contribution in [0.1, 0.15) is 176 Å². The van der Waals surface area contributed by atoms with E-state index in [-0.39, 0.29) is 6.10 Å². The molecule has 2 N–H and O–H groups in total. The smallest absolute Gasteiger partial charge is 0.0934 e. The van der Waals surface area contributed by atoms with Crippen LogP contribution in [0.3, 0.4) is 0 Å². The molecule has 0 bridgehead atoms. The molecule has 0 aromatic rings. The summed E-state index contributed by atoms with van der Waals surface area (Å²) in [6.45, 7) is 17.1. The standard InChI is InChI=1S/C42H77NO2/c1-7-8-9-10-11-12-13-14-15-16-28-44-31-36(30-43)45-35-24-26-41(5)34(29-35)20-21-37-39-23-22-38(33(4)19-17-18-32(2)3)42(39,6)27-25-40(37)41/h20,32-33,35-40H,7-19,21-31,43H2,1-6H3/t33-,35+,36?,37+,38-,39+,40+,41+,42-/m1/s1. The van der Waals surface area contributed by atoms with Gasteiger partial charge in [-0.15, -0.1) is 0 Å². The van der Waals surface area contributed by atoms with Crippen molar-refractivity contribution in [2.75, 3.05) is 19.8 Å². The van der Waals surface area contributed by atoms with Crippen molar-refractivity contribution >= 4 is 0 Å². The molecule has 3 saturated carbocycles. The topological polar surface area (TPSA) is 44.5 Å². The van der Waals surface area contributed by atoms with E-state index in [0.29, 0.717) is 30.1 Å². The molecule has 0 spiro atoms. The number of rotatable bonds is 21. The van der Waals surface area contributed by atoms with Crippen molar-refractivity contribution in [2.24, 2.45) is 52.1 Å². The van der Waals surface area contributed by atoms with Crippen LogP contribution < -0.4 is 5.73 Å². The number of fused-ring (bicyclic) bond motifs is 5. The minimum atomic E-state index is 0.0350. The Morgan fingerprint density at radius 3 is 2.22 bits per heavy atom. The summed E-state index contributed by atoms with van der Waals surface area (Å²) < 4.78 is 12.7. The number of hydrogen-bond acceptors (Lipinski definition) is 3. The van der Waals surface area contributed by atoms with Crippen molar-refractivity contribution in [3.05, 3.63) is 11.6 Å². The minimum absolute atomic E-state index is 0.0350. The first-order valence-corrected chi connectivity index (χ1v) is 20.4. The molecule has 1 unspecified atom stereocenters. The maximum Gasteiger partial charge on any atom is 0.0934 e. The number of allylic oxidation sites excluding steroid dienone is 1. The Hall–Kier alpha value is -0.380. The average molecular weight is 628 g/mol. The molecule has 0 aromatic heterocycles. The zero-order valence-corrected chi connectivity index (χ0v) is 31.1. The Balaban J connectivity index is 1.19. The second-order valence-electron chi connectivity index (χ2n) is 17.4. The van der Waals surface area contributed by atoms with Crippen molar-refractivity contribution in [3.8, 4) is 0 Å². The van der Waals surface area contributed by atoms with Gasteiger partial charge in [-0.2, -0.15) is 0 Å². The highest BCUT2D eigenvalue weighted by Crippen LogP contribution is 2.67. The monoisotopic (exact) mass is 628 g/mol. The second-order valence-corrected chi connectivity index (χ2v) is 17.4. The second kappa shape index (κ2) is 18.4. The summed E-state index contributed by atoms with van der Waals surface area (Å²) in [5, 5.41) is 0. The highest BCUT2D eigenvalue weighted by molar-refractivity contribution is 5.25. The highest BCUT2D eigenvalue weighted by Gasteiger charge is 2.59. The first kappa shape index (κ1) is 37.4. The van der Waals surface area contributed by atoms with Gasteiger partial charge in [-0.25, -0.2) is 0 Å². The molecular formula is C42H77NO2. The van der Waals surface area contributed by atoms with E-state index < -0.39 is 0 Å². The Bertz CT molecular complexity index is 869. The van der Waals surface area contributed by atoms with Crippen LogP contribution in [-0.2, 0) is 9.47 Å². The summed E-state index contributed by atoms with van der Waals surface area (Å²) in [5.41, 5.74) is 8.87. The van der Waals surface area contributed by atoms with E-state index in [9.17, 15) is 0 Å². The van der Waals surface area contributed by atoms with Gasteiger partial charge in [-0.05, 0) is 104 Å². The molecule has 3 fully saturated rings. The largest absolute Gasteiger partial charge is 0.379 e. The van der Waals surface area contributed by atoms with Crippen LogP contribution >= 0.6 is 0 Å². The summed E-state index contributed by atoms with van der Waals surface area (Å²) in [5.74, 6) is 5.39. The molecule has 0 saturated heterocycles. The van der Waals surface area contributed by atoms with E-state index in [2.05, 4.69) is 47.6 Å². The summed E-state index contributed by atoms with van der Waals surface area (Å²) >= 11 is 0. The summed E-state index contributed by atoms with van der Waals surface area (Å²) in [6, 6.07) is 0. The van der Waals surface area contributed by atoms with Gasteiger partial charge in [0.25, 0.3) is 0 Å². The van der Waals surface area contributed by atoms with Crippen molar-refractivity contribution in [2.45, 2.75) is 189 Å². The fourth-order valence-corrected chi connectivity index (χ4v) is 11.1. The highest BCUT2D eigenvalue weighted by atomic mass is 16.5. The van der Waals surface area contributed by atoms with Crippen LogP contribution in [-0.4, -0.2) is 32.0 Å². The lowest BCUT2D eigenvalue weighted by atomic mass is 9.47. The molecule has 45 heavy (non-hydrogen) atoms. The van der Waals surface area contributed by atoms with Crippen LogP contribution in [0.4, 0.5) is 0 Å². The van der Waals surface area contributed by atoms with Gasteiger partial charge in [-0.3, -0.25) is 0 Å². The molecule has 0 aromatic carbocycles. The SMILES string of the molecule is CCCCCCCCCCCCOCC(CN)O[C@H]1CC[C@@]2(C)C(=CC[C@H]3[C@@H]4CC[C@H]([C@H](C)CCCC(C)C)[C@@]4(C)CC[C@@H]32)C1. The first-order chi connectivity index (χ1) is 21.7. The average Bonchev–Trinajstić information content (AvgIpc) is 3.38. The Labute approximate surface area is 281 Å². The predicted octanol–water partition coefficient (Wildman–Crippen LogP) is 11.7.